The van der Waals surface area contributed by atoms with E-state index in [4.69, 9.17) is 15.2 Å². The van der Waals surface area contributed by atoms with Crippen molar-refractivity contribution < 1.29 is 9.47 Å². The number of nitrogens with zero attached hydrogens (tertiary/aromatic N) is 4. The molecule has 3 aromatic rings. The highest BCUT2D eigenvalue weighted by Crippen LogP contribution is 2.32. The van der Waals surface area contributed by atoms with Crippen molar-refractivity contribution in [1.29, 1.82) is 0 Å². The molecule has 30 heavy (non-hydrogen) atoms. The fourth-order valence-corrected chi connectivity index (χ4v) is 3.58. The molecule has 8 heteroatoms. The van der Waals surface area contributed by atoms with Crippen LogP contribution in [-0.4, -0.2) is 50.4 Å². The zero-order valence-corrected chi connectivity index (χ0v) is 17.2. The summed E-state index contributed by atoms with van der Waals surface area (Å²) in [5.74, 6) is 2.91. The van der Waals surface area contributed by atoms with Gasteiger partial charge in [0.05, 0.1) is 19.9 Å². The van der Waals surface area contributed by atoms with E-state index in [0.717, 1.165) is 49.2 Å². The Labute approximate surface area is 176 Å². The molecule has 156 valence electrons. The topological polar surface area (TPSA) is 88.8 Å². The lowest BCUT2D eigenvalue weighted by Crippen LogP contribution is -2.47. The van der Waals surface area contributed by atoms with Gasteiger partial charge in [0, 0.05) is 31.9 Å². The summed E-state index contributed by atoms with van der Waals surface area (Å²) in [6.07, 6.45) is 1.54. The lowest BCUT2D eigenvalue weighted by molar-refractivity contribution is 0.415. The summed E-state index contributed by atoms with van der Waals surface area (Å²) in [6, 6.07) is 15.8. The molecule has 0 atom stereocenters. The summed E-state index contributed by atoms with van der Waals surface area (Å²) in [5, 5.41) is 3.27. The van der Waals surface area contributed by atoms with Crippen LogP contribution in [0, 0.1) is 0 Å². The number of para-hydroxylation sites is 2. The van der Waals surface area contributed by atoms with Crippen LogP contribution in [0.15, 0.2) is 54.9 Å². The van der Waals surface area contributed by atoms with Gasteiger partial charge in [-0.1, -0.05) is 12.1 Å². The summed E-state index contributed by atoms with van der Waals surface area (Å²) in [7, 11) is 3.31. The maximum absolute atomic E-state index is 6.43. The molecular formula is C22H26N6O2. The first-order chi connectivity index (χ1) is 14.7. The Morgan fingerprint density at radius 1 is 0.867 bits per heavy atom. The quantitative estimate of drug-likeness (QED) is 0.645. The van der Waals surface area contributed by atoms with Crippen LogP contribution in [-0.2, 0) is 0 Å². The number of hydrogen-bond acceptors (Lipinski definition) is 8. The van der Waals surface area contributed by atoms with Gasteiger partial charge in [0.15, 0.2) is 11.6 Å². The highest BCUT2D eigenvalue weighted by molar-refractivity contribution is 5.79. The Morgan fingerprint density at radius 3 is 2.27 bits per heavy atom. The molecule has 0 spiro atoms. The summed E-state index contributed by atoms with van der Waals surface area (Å²) in [4.78, 5) is 13.3. The van der Waals surface area contributed by atoms with Crippen LogP contribution in [0.2, 0.25) is 0 Å². The molecule has 1 aliphatic rings. The Balaban J connectivity index is 1.47. The van der Waals surface area contributed by atoms with Gasteiger partial charge < -0.3 is 30.3 Å². The van der Waals surface area contributed by atoms with Gasteiger partial charge in [0.1, 0.15) is 23.5 Å². The number of benzene rings is 2. The SMILES string of the molecule is COc1ccc(N2CCN(c3ncnc(Nc4ccccc4OC)c3N)CC2)cc1. The van der Waals surface area contributed by atoms with E-state index in [-0.39, 0.29) is 0 Å². The number of hydrogen-bond donors (Lipinski definition) is 2. The molecule has 0 amide bonds. The number of piperazine rings is 1. The molecule has 2 aromatic carbocycles. The van der Waals surface area contributed by atoms with E-state index in [0.29, 0.717) is 11.5 Å². The lowest BCUT2D eigenvalue weighted by Gasteiger charge is -2.37. The van der Waals surface area contributed by atoms with E-state index in [1.165, 1.54) is 5.69 Å². The first kappa shape index (κ1) is 19.6. The number of ether oxygens (including phenoxy) is 2. The van der Waals surface area contributed by atoms with Gasteiger partial charge in [0.2, 0.25) is 0 Å². The van der Waals surface area contributed by atoms with Gasteiger partial charge in [-0.25, -0.2) is 9.97 Å². The Hall–Kier alpha value is -3.68. The number of nitrogens with one attached hydrogen (secondary N) is 1. The third-order valence-corrected chi connectivity index (χ3v) is 5.24. The van der Waals surface area contributed by atoms with Crippen molar-refractivity contribution in [1.82, 2.24) is 9.97 Å². The Morgan fingerprint density at radius 2 is 1.57 bits per heavy atom. The fraction of sp³-hybridized carbons (Fsp3) is 0.273. The molecular weight excluding hydrogens is 380 g/mol. The number of anilines is 5. The van der Waals surface area contributed by atoms with Crippen molar-refractivity contribution in [3.63, 3.8) is 0 Å². The molecule has 1 aromatic heterocycles. The maximum Gasteiger partial charge on any atom is 0.159 e. The number of nitrogens with two attached hydrogens (primary N) is 1. The van der Waals surface area contributed by atoms with Gasteiger partial charge in [-0.2, -0.15) is 0 Å². The predicted octanol–water partition coefficient (Wildman–Crippen LogP) is 3.15. The van der Waals surface area contributed by atoms with Crippen LogP contribution in [0.3, 0.4) is 0 Å². The largest absolute Gasteiger partial charge is 0.497 e. The highest BCUT2D eigenvalue weighted by atomic mass is 16.5. The zero-order valence-electron chi connectivity index (χ0n) is 17.2. The Kier molecular flexibility index (Phi) is 5.74. The monoisotopic (exact) mass is 406 g/mol. The van der Waals surface area contributed by atoms with E-state index >= 15 is 0 Å². The van der Waals surface area contributed by atoms with E-state index in [1.54, 1.807) is 20.5 Å². The number of rotatable bonds is 6. The summed E-state index contributed by atoms with van der Waals surface area (Å²) in [5.41, 5.74) is 8.95. The van der Waals surface area contributed by atoms with E-state index in [1.807, 2.05) is 36.4 Å². The van der Waals surface area contributed by atoms with Crippen molar-refractivity contribution in [2.24, 2.45) is 0 Å². The van der Waals surface area contributed by atoms with Crippen molar-refractivity contribution in [3.05, 3.63) is 54.9 Å². The molecule has 1 aliphatic heterocycles. The second kappa shape index (κ2) is 8.77. The molecule has 4 rings (SSSR count). The fourth-order valence-electron chi connectivity index (χ4n) is 3.58. The second-order valence-electron chi connectivity index (χ2n) is 6.96. The lowest BCUT2D eigenvalue weighted by atomic mass is 10.2. The minimum absolute atomic E-state index is 0.529. The second-order valence-corrected chi connectivity index (χ2v) is 6.96. The van der Waals surface area contributed by atoms with Gasteiger partial charge in [0.25, 0.3) is 0 Å². The molecule has 3 N–H and O–H groups in total. The minimum Gasteiger partial charge on any atom is -0.497 e. The van der Waals surface area contributed by atoms with Gasteiger partial charge >= 0.3 is 0 Å². The molecule has 8 nitrogen and oxygen atoms in total. The number of aromatic nitrogens is 2. The minimum atomic E-state index is 0.529. The average Bonchev–Trinajstić information content (AvgIpc) is 2.81. The van der Waals surface area contributed by atoms with E-state index in [2.05, 4.69) is 37.2 Å². The van der Waals surface area contributed by atoms with Crippen LogP contribution in [0.4, 0.5) is 28.7 Å². The molecule has 1 saturated heterocycles. The first-order valence-corrected chi connectivity index (χ1v) is 9.84. The number of nitrogen functional groups attached to an aromatic ring is 1. The third-order valence-electron chi connectivity index (χ3n) is 5.24. The van der Waals surface area contributed by atoms with Crippen LogP contribution in [0.1, 0.15) is 0 Å². The smallest absolute Gasteiger partial charge is 0.159 e. The van der Waals surface area contributed by atoms with Crippen LogP contribution >= 0.6 is 0 Å². The summed E-state index contributed by atoms with van der Waals surface area (Å²) < 4.78 is 10.6. The van der Waals surface area contributed by atoms with Gasteiger partial charge in [-0.3, -0.25) is 0 Å². The highest BCUT2D eigenvalue weighted by Gasteiger charge is 2.22. The van der Waals surface area contributed by atoms with Crippen molar-refractivity contribution in [3.8, 4) is 11.5 Å². The maximum atomic E-state index is 6.43. The van der Waals surface area contributed by atoms with Crippen LogP contribution in [0.25, 0.3) is 0 Å². The third kappa shape index (κ3) is 4.03. The number of methoxy groups -OCH3 is 2. The summed E-state index contributed by atoms with van der Waals surface area (Å²) >= 11 is 0. The average molecular weight is 406 g/mol. The van der Waals surface area contributed by atoms with Crippen LogP contribution in [0.5, 0.6) is 11.5 Å². The molecule has 0 radical (unpaired) electrons. The normalized spacial score (nSPS) is 13.8. The molecule has 0 bridgehead atoms. The van der Waals surface area contributed by atoms with Crippen molar-refractivity contribution in [2.75, 3.05) is 61.2 Å². The molecule has 0 saturated carbocycles. The molecule has 1 fully saturated rings. The van der Waals surface area contributed by atoms with Crippen LogP contribution < -0.4 is 30.3 Å². The predicted molar refractivity (Wildman–Crippen MR) is 120 cm³/mol. The standard InChI is InChI=1S/C22H26N6O2/c1-29-17-9-7-16(8-10-17)27-11-13-28(14-12-27)22-20(23)21(24-15-25-22)26-18-5-3-4-6-19(18)30-2/h3-10,15H,11-14,23H2,1-2H3,(H,24,25,26). The zero-order chi connectivity index (χ0) is 20.9. The molecule has 2 heterocycles. The van der Waals surface area contributed by atoms with Gasteiger partial charge in [-0.15, -0.1) is 0 Å². The van der Waals surface area contributed by atoms with E-state index < -0.39 is 0 Å². The molecule has 0 aliphatic carbocycles. The van der Waals surface area contributed by atoms with E-state index in [9.17, 15) is 0 Å². The van der Waals surface area contributed by atoms with Crippen molar-refractivity contribution in [2.45, 2.75) is 0 Å². The van der Waals surface area contributed by atoms with Crippen molar-refractivity contribution >= 4 is 28.7 Å². The first-order valence-electron chi connectivity index (χ1n) is 9.84. The Bertz CT molecular complexity index is 987. The van der Waals surface area contributed by atoms with Gasteiger partial charge in [-0.05, 0) is 36.4 Å². The summed E-state index contributed by atoms with van der Waals surface area (Å²) in [6.45, 7) is 3.40. The molecule has 0 unspecified atom stereocenters.